The average Bonchev–Trinajstić information content (AvgIpc) is 2.47. The first kappa shape index (κ1) is 13.7. The third kappa shape index (κ3) is 2.50. The van der Waals surface area contributed by atoms with Gasteiger partial charge in [0.15, 0.2) is 0 Å². The van der Waals surface area contributed by atoms with Crippen LogP contribution in [0.2, 0.25) is 0 Å². The molecule has 0 aliphatic heterocycles. The number of rotatable bonds is 3. The van der Waals surface area contributed by atoms with Crippen LogP contribution in [0.5, 0.6) is 0 Å². The molecule has 0 amide bonds. The summed E-state index contributed by atoms with van der Waals surface area (Å²) in [6.07, 6.45) is 4.69. The predicted molar refractivity (Wildman–Crippen MR) is 86.7 cm³/mol. The van der Waals surface area contributed by atoms with E-state index < -0.39 is 0 Å². The number of benzene rings is 2. The van der Waals surface area contributed by atoms with E-state index in [9.17, 15) is 0 Å². The molecule has 1 heteroatoms. The Morgan fingerprint density at radius 3 is 2.75 bits per heavy atom. The first-order chi connectivity index (χ1) is 9.73. The minimum atomic E-state index is 0.115. The van der Waals surface area contributed by atoms with Gasteiger partial charge in [0.1, 0.15) is 0 Å². The minimum absolute atomic E-state index is 0.115. The lowest BCUT2D eigenvalue weighted by Crippen LogP contribution is -2.35. The third-order valence-corrected chi connectivity index (χ3v) is 5.08. The van der Waals surface area contributed by atoms with Crippen molar-refractivity contribution in [1.82, 2.24) is 0 Å². The fourth-order valence-corrected chi connectivity index (χ4v) is 3.96. The van der Waals surface area contributed by atoms with Crippen molar-refractivity contribution in [2.45, 2.75) is 38.0 Å². The summed E-state index contributed by atoms with van der Waals surface area (Å²) in [4.78, 5) is 0. The number of hydrogen-bond acceptors (Lipinski definition) is 0. The first-order valence-electron chi connectivity index (χ1n) is 7.43. The molecule has 0 bridgehead atoms. The van der Waals surface area contributed by atoms with Crippen LogP contribution in [0.15, 0.2) is 48.5 Å². The van der Waals surface area contributed by atoms with Gasteiger partial charge in [0.25, 0.3) is 0 Å². The lowest BCUT2D eigenvalue weighted by atomic mass is 9.68. The molecule has 0 heterocycles. The average molecular weight is 285 g/mol. The van der Waals surface area contributed by atoms with Gasteiger partial charge in [-0.3, -0.25) is 0 Å². The molecule has 104 valence electrons. The molecule has 0 aromatic heterocycles. The molecule has 0 nitrogen and oxygen atoms in total. The first-order valence-corrected chi connectivity index (χ1v) is 7.97. The van der Waals surface area contributed by atoms with Gasteiger partial charge in [0.05, 0.1) is 0 Å². The topological polar surface area (TPSA) is 0 Å². The molecule has 1 unspecified atom stereocenters. The molecule has 0 fully saturated rings. The van der Waals surface area contributed by atoms with Gasteiger partial charge >= 0.3 is 0 Å². The summed E-state index contributed by atoms with van der Waals surface area (Å²) in [5, 5.41) is 0. The lowest BCUT2D eigenvalue weighted by Gasteiger charge is -2.38. The molecule has 1 aliphatic rings. The van der Waals surface area contributed by atoms with Crippen LogP contribution in [0.1, 0.15) is 35.1 Å². The maximum Gasteiger partial charge on any atom is 0.0323 e. The van der Waals surface area contributed by atoms with Gasteiger partial charge < -0.3 is 0 Å². The number of alkyl halides is 1. The second kappa shape index (κ2) is 5.61. The van der Waals surface area contributed by atoms with Crippen LogP contribution in [0.4, 0.5) is 0 Å². The van der Waals surface area contributed by atoms with E-state index >= 15 is 0 Å². The number of halogens is 1. The van der Waals surface area contributed by atoms with Gasteiger partial charge in [-0.25, -0.2) is 0 Å². The van der Waals surface area contributed by atoms with Gasteiger partial charge in [-0.15, -0.1) is 11.6 Å². The highest BCUT2D eigenvalue weighted by atomic mass is 35.5. The van der Waals surface area contributed by atoms with E-state index in [0.29, 0.717) is 5.88 Å². The van der Waals surface area contributed by atoms with E-state index in [1.807, 2.05) is 0 Å². The standard InChI is InChI=1S/C19H21Cl/c1-15-6-4-7-16(12-15)13-19(14-20)11-5-9-17-8-2-3-10-18(17)19/h2-4,6-8,10,12H,5,9,11,13-14H2,1H3. The van der Waals surface area contributed by atoms with Crippen LogP contribution in [-0.2, 0) is 18.3 Å². The van der Waals surface area contributed by atoms with Crippen molar-refractivity contribution in [2.24, 2.45) is 0 Å². The van der Waals surface area contributed by atoms with E-state index in [-0.39, 0.29) is 5.41 Å². The van der Waals surface area contributed by atoms with E-state index in [2.05, 4.69) is 55.5 Å². The van der Waals surface area contributed by atoms with Crippen LogP contribution >= 0.6 is 11.6 Å². The monoisotopic (exact) mass is 284 g/mol. The molecule has 1 atom stereocenters. The molecular formula is C19H21Cl. The summed E-state index contributed by atoms with van der Waals surface area (Å²) < 4.78 is 0. The molecule has 3 rings (SSSR count). The zero-order valence-electron chi connectivity index (χ0n) is 12.0. The Labute approximate surface area is 126 Å². The second-order valence-electron chi connectivity index (χ2n) is 6.09. The van der Waals surface area contributed by atoms with Gasteiger partial charge in [-0.05, 0) is 49.3 Å². The van der Waals surface area contributed by atoms with E-state index in [1.165, 1.54) is 41.5 Å². The molecular weight excluding hydrogens is 264 g/mol. The highest BCUT2D eigenvalue weighted by Crippen LogP contribution is 2.41. The highest BCUT2D eigenvalue weighted by molar-refractivity contribution is 6.18. The third-order valence-electron chi connectivity index (χ3n) is 4.57. The van der Waals surface area contributed by atoms with Crippen molar-refractivity contribution in [3.8, 4) is 0 Å². The summed E-state index contributed by atoms with van der Waals surface area (Å²) in [5.74, 6) is 0.706. The Morgan fingerprint density at radius 1 is 1.10 bits per heavy atom. The quantitative estimate of drug-likeness (QED) is 0.692. The Balaban J connectivity index is 2.00. The molecule has 0 saturated carbocycles. The van der Waals surface area contributed by atoms with Crippen LogP contribution in [0.25, 0.3) is 0 Å². The Hall–Kier alpha value is -1.27. The summed E-state index contributed by atoms with van der Waals surface area (Å²) in [6.45, 7) is 2.16. The number of aryl methyl sites for hydroxylation is 2. The molecule has 0 N–H and O–H groups in total. The van der Waals surface area contributed by atoms with Crippen molar-refractivity contribution in [1.29, 1.82) is 0 Å². The van der Waals surface area contributed by atoms with Gasteiger partial charge in [-0.1, -0.05) is 54.1 Å². The summed E-state index contributed by atoms with van der Waals surface area (Å²) in [7, 11) is 0. The smallest absolute Gasteiger partial charge is 0.0323 e. The van der Waals surface area contributed by atoms with Crippen LogP contribution in [-0.4, -0.2) is 5.88 Å². The molecule has 20 heavy (non-hydrogen) atoms. The predicted octanol–water partition coefficient (Wildman–Crippen LogP) is 5.05. The molecule has 2 aromatic rings. The van der Waals surface area contributed by atoms with Crippen molar-refractivity contribution < 1.29 is 0 Å². The molecule has 0 spiro atoms. The summed E-state index contributed by atoms with van der Waals surface area (Å²) in [6, 6.07) is 17.7. The minimum Gasteiger partial charge on any atom is -0.126 e. The van der Waals surface area contributed by atoms with Crippen molar-refractivity contribution >= 4 is 11.6 Å². The molecule has 1 aliphatic carbocycles. The zero-order chi connectivity index (χ0) is 14.0. The fraction of sp³-hybridized carbons (Fsp3) is 0.368. The SMILES string of the molecule is Cc1cccc(CC2(CCl)CCCc3ccccc32)c1. The van der Waals surface area contributed by atoms with E-state index in [0.717, 1.165) is 6.42 Å². The lowest BCUT2D eigenvalue weighted by molar-refractivity contribution is 0.396. The van der Waals surface area contributed by atoms with Crippen LogP contribution < -0.4 is 0 Å². The number of hydrogen-bond donors (Lipinski definition) is 0. The maximum atomic E-state index is 6.45. The maximum absolute atomic E-state index is 6.45. The largest absolute Gasteiger partial charge is 0.126 e. The Bertz CT molecular complexity index is 602. The van der Waals surface area contributed by atoms with Crippen molar-refractivity contribution in [2.75, 3.05) is 5.88 Å². The molecule has 0 radical (unpaired) electrons. The highest BCUT2D eigenvalue weighted by Gasteiger charge is 2.35. The molecule has 0 saturated heterocycles. The second-order valence-corrected chi connectivity index (χ2v) is 6.36. The van der Waals surface area contributed by atoms with Crippen molar-refractivity contribution in [3.05, 3.63) is 70.8 Å². The van der Waals surface area contributed by atoms with Crippen LogP contribution in [0, 0.1) is 6.92 Å². The van der Waals surface area contributed by atoms with E-state index in [1.54, 1.807) is 0 Å². The van der Waals surface area contributed by atoms with Crippen LogP contribution in [0.3, 0.4) is 0 Å². The normalized spacial score (nSPS) is 21.5. The summed E-state index contributed by atoms with van der Waals surface area (Å²) >= 11 is 6.45. The van der Waals surface area contributed by atoms with Gasteiger partial charge in [0.2, 0.25) is 0 Å². The summed E-state index contributed by atoms with van der Waals surface area (Å²) in [5.41, 5.74) is 5.82. The van der Waals surface area contributed by atoms with Gasteiger partial charge in [-0.2, -0.15) is 0 Å². The van der Waals surface area contributed by atoms with Gasteiger partial charge in [0, 0.05) is 11.3 Å². The molecule has 2 aromatic carbocycles. The Morgan fingerprint density at radius 2 is 1.95 bits per heavy atom. The fourth-order valence-electron chi connectivity index (χ4n) is 3.59. The zero-order valence-corrected chi connectivity index (χ0v) is 12.8. The van der Waals surface area contributed by atoms with E-state index in [4.69, 9.17) is 11.6 Å². The Kier molecular flexibility index (Phi) is 3.85. The van der Waals surface area contributed by atoms with Crippen molar-refractivity contribution in [3.63, 3.8) is 0 Å². The number of fused-ring (bicyclic) bond motifs is 1.